The Hall–Kier alpha value is -0.960. The molecule has 3 atom stereocenters. The van der Waals surface area contributed by atoms with Crippen LogP contribution in [0.2, 0.25) is 0 Å². The second-order valence-electron chi connectivity index (χ2n) is 5.86. The molecule has 3 unspecified atom stereocenters. The Morgan fingerprint density at radius 2 is 2.28 bits per heavy atom. The molecule has 98 valence electrons. The third-order valence-electron chi connectivity index (χ3n) is 4.53. The molecule has 1 aromatic heterocycles. The summed E-state index contributed by atoms with van der Waals surface area (Å²) in [5.74, 6) is 3.59. The highest BCUT2D eigenvalue weighted by Crippen LogP contribution is 2.51. The van der Waals surface area contributed by atoms with E-state index in [1.54, 1.807) is 0 Å². The Kier molecular flexibility index (Phi) is 3.59. The minimum atomic E-state index is 0.648. The fraction of sp³-hybridized carbons (Fsp3) is 0.733. The summed E-state index contributed by atoms with van der Waals surface area (Å²) in [4.78, 5) is 9.30. The molecule has 1 aromatic rings. The first-order valence-corrected chi connectivity index (χ1v) is 7.39. The van der Waals surface area contributed by atoms with Gasteiger partial charge >= 0.3 is 0 Å². The summed E-state index contributed by atoms with van der Waals surface area (Å²) in [6.07, 6.45) is 8.71. The van der Waals surface area contributed by atoms with E-state index in [2.05, 4.69) is 17.2 Å². The second-order valence-corrected chi connectivity index (χ2v) is 5.86. The van der Waals surface area contributed by atoms with Gasteiger partial charge in [0, 0.05) is 18.7 Å². The third kappa shape index (κ3) is 2.41. The van der Waals surface area contributed by atoms with E-state index >= 15 is 0 Å². The van der Waals surface area contributed by atoms with Crippen molar-refractivity contribution in [1.29, 1.82) is 0 Å². The SMILES string of the molecule is CCCNCc1ccnc(C2CC3CCC2C3)n1. The van der Waals surface area contributed by atoms with Crippen LogP contribution in [0, 0.1) is 11.8 Å². The summed E-state index contributed by atoms with van der Waals surface area (Å²) in [5.41, 5.74) is 1.15. The van der Waals surface area contributed by atoms with Crippen LogP contribution in [0.25, 0.3) is 0 Å². The van der Waals surface area contributed by atoms with Gasteiger partial charge < -0.3 is 5.32 Å². The van der Waals surface area contributed by atoms with Gasteiger partial charge in [-0.15, -0.1) is 0 Å². The highest BCUT2D eigenvalue weighted by molar-refractivity contribution is 5.11. The molecule has 0 aromatic carbocycles. The molecule has 2 saturated carbocycles. The van der Waals surface area contributed by atoms with Gasteiger partial charge in [0.25, 0.3) is 0 Å². The van der Waals surface area contributed by atoms with Crippen LogP contribution in [0.15, 0.2) is 12.3 Å². The van der Waals surface area contributed by atoms with E-state index in [0.717, 1.165) is 36.4 Å². The van der Waals surface area contributed by atoms with Gasteiger partial charge in [-0.1, -0.05) is 13.3 Å². The van der Waals surface area contributed by atoms with Crippen LogP contribution in [0.5, 0.6) is 0 Å². The first-order valence-electron chi connectivity index (χ1n) is 7.39. The highest BCUT2D eigenvalue weighted by Gasteiger charge is 2.41. The first kappa shape index (κ1) is 12.1. The summed E-state index contributed by atoms with van der Waals surface area (Å²) in [7, 11) is 0. The Morgan fingerprint density at radius 1 is 1.33 bits per heavy atom. The molecule has 3 heteroatoms. The zero-order valence-corrected chi connectivity index (χ0v) is 11.2. The molecule has 2 fully saturated rings. The number of hydrogen-bond acceptors (Lipinski definition) is 3. The van der Waals surface area contributed by atoms with Gasteiger partial charge in [-0.05, 0) is 50.1 Å². The minimum Gasteiger partial charge on any atom is -0.311 e. The smallest absolute Gasteiger partial charge is 0.131 e. The maximum atomic E-state index is 4.77. The lowest BCUT2D eigenvalue weighted by Gasteiger charge is -2.20. The van der Waals surface area contributed by atoms with Crippen molar-refractivity contribution in [3.63, 3.8) is 0 Å². The molecular weight excluding hydrogens is 222 g/mol. The zero-order chi connectivity index (χ0) is 12.4. The maximum absolute atomic E-state index is 4.77. The fourth-order valence-electron chi connectivity index (χ4n) is 3.64. The number of rotatable bonds is 5. The summed E-state index contributed by atoms with van der Waals surface area (Å²) in [6.45, 7) is 4.13. The predicted octanol–water partition coefficient (Wildman–Crippen LogP) is 2.88. The molecule has 1 N–H and O–H groups in total. The van der Waals surface area contributed by atoms with Gasteiger partial charge in [0.1, 0.15) is 5.82 Å². The monoisotopic (exact) mass is 245 g/mol. The molecule has 3 rings (SSSR count). The first-order chi connectivity index (χ1) is 8.86. The lowest BCUT2D eigenvalue weighted by Crippen LogP contribution is -2.17. The lowest BCUT2D eigenvalue weighted by molar-refractivity contribution is 0.404. The van der Waals surface area contributed by atoms with E-state index in [9.17, 15) is 0 Å². The van der Waals surface area contributed by atoms with Crippen molar-refractivity contribution in [1.82, 2.24) is 15.3 Å². The molecular formula is C15H23N3. The third-order valence-corrected chi connectivity index (χ3v) is 4.53. The lowest BCUT2D eigenvalue weighted by atomic mass is 9.88. The van der Waals surface area contributed by atoms with Gasteiger partial charge in [-0.3, -0.25) is 0 Å². The minimum absolute atomic E-state index is 0.648. The van der Waals surface area contributed by atoms with E-state index in [4.69, 9.17) is 4.98 Å². The molecule has 0 spiro atoms. The number of fused-ring (bicyclic) bond motifs is 2. The Morgan fingerprint density at radius 3 is 3.00 bits per heavy atom. The van der Waals surface area contributed by atoms with Crippen molar-refractivity contribution in [2.24, 2.45) is 11.8 Å². The van der Waals surface area contributed by atoms with Gasteiger partial charge in [-0.25, -0.2) is 9.97 Å². The molecule has 2 aliphatic carbocycles. The quantitative estimate of drug-likeness (QED) is 0.811. The molecule has 1 heterocycles. The molecule has 2 aliphatic rings. The van der Waals surface area contributed by atoms with Crippen molar-refractivity contribution in [2.75, 3.05) is 6.54 Å². The zero-order valence-electron chi connectivity index (χ0n) is 11.2. The molecule has 18 heavy (non-hydrogen) atoms. The molecule has 3 nitrogen and oxygen atoms in total. The van der Waals surface area contributed by atoms with Crippen LogP contribution in [0.4, 0.5) is 0 Å². The van der Waals surface area contributed by atoms with E-state index in [0.29, 0.717) is 5.92 Å². The van der Waals surface area contributed by atoms with Crippen molar-refractivity contribution >= 4 is 0 Å². The van der Waals surface area contributed by atoms with Gasteiger partial charge in [0.05, 0.1) is 5.69 Å². The summed E-state index contributed by atoms with van der Waals surface area (Å²) in [5, 5.41) is 3.41. The van der Waals surface area contributed by atoms with Crippen molar-refractivity contribution in [3.05, 3.63) is 23.8 Å². The van der Waals surface area contributed by atoms with E-state index in [1.807, 2.05) is 12.3 Å². The van der Waals surface area contributed by atoms with E-state index < -0.39 is 0 Å². The standard InChI is InChI=1S/C15H23N3/c1-2-6-16-10-13-5-7-17-15(18-13)14-9-11-3-4-12(14)8-11/h5,7,11-12,14,16H,2-4,6,8-10H2,1H3. The second kappa shape index (κ2) is 5.35. The number of hydrogen-bond donors (Lipinski definition) is 1. The van der Waals surface area contributed by atoms with Crippen molar-refractivity contribution in [2.45, 2.75) is 51.5 Å². The van der Waals surface area contributed by atoms with Crippen LogP contribution >= 0.6 is 0 Å². The maximum Gasteiger partial charge on any atom is 0.131 e. The van der Waals surface area contributed by atoms with Gasteiger partial charge in [0.15, 0.2) is 0 Å². The molecule has 0 amide bonds. The molecule has 2 bridgehead atoms. The Labute approximate surface area is 109 Å². The number of nitrogens with one attached hydrogen (secondary N) is 1. The highest BCUT2D eigenvalue weighted by atomic mass is 14.9. The van der Waals surface area contributed by atoms with Crippen LogP contribution in [-0.4, -0.2) is 16.5 Å². The number of aromatic nitrogens is 2. The number of nitrogens with zero attached hydrogens (tertiary/aromatic N) is 2. The average Bonchev–Trinajstić information content (AvgIpc) is 3.02. The molecule has 0 saturated heterocycles. The largest absolute Gasteiger partial charge is 0.311 e. The normalized spacial score (nSPS) is 29.9. The topological polar surface area (TPSA) is 37.8 Å². The summed E-state index contributed by atoms with van der Waals surface area (Å²) in [6, 6.07) is 2.04. The Balaban J connectivity index is 1.67. The predicted molar refractivity (Wildman–Crippen MR) is 72.2 cm³/mol. The summed E-state index contributed by atoms with van der Waals surface area (Å²) < 4.78 is 0. The molecule has 0 radical (unpaired) electrons. The fourth-order valence-corrected chi connectivity index (χ4v) is 3.64. The van der Waals surface area contributed by atoms with Crippen LogP contribution < -0.4 is 5.32 Å². The van der Waals surface area contributed by atoms with E-state index in [1.165, 1.54) is 32.1 Å². The van der Waals surface area contributed by atoms with Crippen LogP contribution in [-0.2, 0) is 6.54 Å². The van der Waals surface area contributed by atoms with Gasteiger partial charge in [-0.2, -0.15) is 0 Å². The van der Waals surface area contributed by atoms with Crippen molar-refractivity contribution < 1.29 is 0 Å². The van der Waals surface area contributed by atoms with E-state index in [-0.39, 0.29) is 0 Å². The van der Waals surface area contributed by atoms with Crippen molar-refractivity contribution in [3.8, 4) is 0 Å². The van der Waals surface area contributed by atoms with Crippen LogP contribution in [0.3, 0.4) is 0 Å². The van der Waals surface area contributed by atoms with Crippen LogP contribution in [0.1, 0.15) is 56.5 Å². The molecule has 0 aliphatic heterocycles. The Bertz CT molecular complexity index is 404. The van der Waals surface area contributed by atoms with Gasteiger partial charge in [0.2, 0.25) is 0 Å². The average molecular weight is 245 g/mol. The summed E-state index contributed by atoms with van der Waals surface area (Å²) >= 11 is 0.